The molecule has 1 amide bonds. The molecule has 0 N–H and O–H groups in total. The summed E-state index contributed by atoms with van der Waals surface area (Å²) in [4.78, 5) is 18.3. The number of carbonyl (C=O) groups is 1. The monoisotopic (exact) mass is 449 g/mol. The molecule has 0 aliphatic heterocycles. The molecule has 0 aliphatic carbocycles. The van der Waals surface area contributed by atoms with Crippen LogP contribution in [0.5, 0.6) is 0 Å². The lowest BCUT2D eigenvalue weighted by Gasteiger charge is -2.21. The Morgan fingerprint density at radius 3 is 2.64 bits per heavy atom. The largest absolute Gasteiger partial charge is 0.339 e. The second-order valence-corrected chi connectivity index (χ2v) is 7.08. The van der Waals surface area contributed by atoms with Gasteiger partial charge in [0.2, 0.25) is 17.6 Å². The smallest absolute Gasteiger partial charge is 0.227 e. The van der Waals surface area contributed by atoms with Gasteiger partial charge in [0.15, 0.2) is 0 Å². The van der Waals surface area contributed by atoms with Crippen LogP contribution in [-0.4, -0.2) is 27.5 Å². The van der Waals surface area contributed by atoms with Gasteiger partial charge in [0.1, 0.15) is 11.6 Å². The Labute approximate surface area is 169 Å². The minimum Gasteiger partial charge on any atom is -0.339 e. The molecule has 5 nitrogen and oxygen atoms in total. The summed E-state index contributed by atoms with van der Waals surface area (Å²) in [5.41, 5.74) is 1.07. The molecule has 0 unspecified atom stereocenters. The molecule has 3 aromatic rings. The van der Waals surface area contributed by atoms with Gasteiger partial charge in [-0.3, -0.25) is 4.79 Å². The van der Waals surface area contributed by atoms with Crippen LogP contribution in [0.25, 0.3) is 11.4 Å². The highest BCUT2D eigenvalue weighted by atomic mass is 79.9. The second kappa shape index (κ2) is 9.05. The molecule has 0 fully saturated rings. The summed E-state index contributed by atoms with van der Waals surface area (Å²) in [5, 5.41) is 3.86. The number of benzene rings is 2. The highest BCUT2D eigenvalue weighted by Crippen LogP contribution is 2.19. The Kier molecular flexibility index (Phi) is 6.51. The normalized spacial score (nSPS) is 10.9. The molecule has 0 saturated carbocycles. The van der Waals surface area contributed by atoms with Gasteiger partial charge in [0.05, 0.1) is 0 Å². The fraction of sp³-hybridized carbons (Fsp3) is 0.250. The van der Waals surface area contributed by atoms with Gasteiger partial charge in [-0.2, -0.15) is 4.98 Å². The molecule has 3 rings (SSSR count). The maximum Gasteiger partial charge on any atom is 0.227 e. The minimum absolute atomic E-state index is 0.136. The number of rotatable bonds is 7. The van der Waals surface area contributed by atoms with Gasteiger partial charge in [0, 0.05) is 41.5 Å². The van der Waals surface area contributed by atoms with E-state index in [1.165, 1.54) is 18.2 Å². The van der Waals surface area contributed by atoms with E-state index in [1.54, 1.807) is 29.2 Å². The van der Waals surface area contributed by atoms with E-state index in [9.17, 15) is 13.6 Å². The van der Waals surface area contributed by atoms with E-state index < -0.39 is 0 Å². The molecular weight excluding hydrogens is 432 g/mol. The van der Waals surface area contributed by atoms with Crippen molar-refractivity contribution < 1.29 is 18.1 Å². The molecule has 1 aromatic heterocycles. The van der Waals surface area contributed by atoms with Crippen molar-refractivity contribution in [2.75, 3.05) is 6.54 Å². The molecule has 0 radical (unpaired) electrons. The number of aryl methyl sites for hydroxylation is 1. The third kappa shape index (κ3) is 5.01. The SMILES string of the molecule is CCN(Cc1cc(Br)ccc1F)C(=O)CCc1nc(-c2ccc(F)cc2)no1. The standard InChI is InChI=1S/C20H18BrF2N3O2/c1-2-26(12-14-11-15(21)5-8-17(14)23)19(27)10-9-18-24-20(25-28-18)13-3-6-16(22)7-4-13/h3-8,11H,2,9-10,12H2,1H3. The maximum atomic E-state index is 14.0. The molecule has 8 heteroatoms. The van der Waals surface area contributed by atoms with Crippen LogP contribution in [0.15, 0.2) is 51.5 Å². The lowest BCUT2D eigenvalue weighted by molar-refractivity contribution is -0.131. The summed E-state index contributed by atoms with van der Waals surface area (Å²) in [6.07, 6.45) is 0.430. The van der Waals surface area contributed by atoms with Crippen molar-refractivity contribution in [2.45, 2.75) is 26.3 Å². The third-order valence-corrected chi connectivity index (χ3v) is 4.72. The first-order valence-corrected chi connectivity index (χ1v) is 9.55. The average Bonchev–Trinajstić information content (AvgIpc) is 3.16. The van der Waals surface area contributed by atoms with Gasteiger partial charge in [-0.25, -0.2) is 8.78 Å². The van der Waals surface area contributed by atoms with Crippen LogP contribution in [0.1, 0.15) is 24.8 Å². The molecule has 0 atom stereocenters. The van der Waals surface area contributed by atoms with E-state index >= 15 is 0 Å². The van der Waals surface area contributed by atoms with Gasteiger partial charge in [-0.15, -0.1) is 0 Å². The third-order valence-electron chi connectivity index (χ3n) is 4.23. The van der Waals surface area contributed by atoms with Gasteiger partial charge >= 0.3 is 0 Å². The van der Waals surface area contributed by atoms with Crippen LogP contribution in [0.2, 0.25) is 0 Å². The molecular formula is C20H18BrF2N3O2. The Balaban J connectivity index is 1.61. The van der Waals surface area contributed by atoms with Crippen molar-refractivity contribution in [1.29, 1.82) is 0 Å². The van der Waals surface area contributed by atoms with E-state index in [2.05, 4.69) is 26.1 Å². The number of hydrogen-bond acceptors (Lipinski definition) is 4. The van der Waals surface area contributed by atoms with Crippen molar-refractivity contribution in [3.8, 4) is 11.4 Å². The van der Waals surface area contributed by atoms with Crippen molar-refractivity contribution in [3.63, 3.8) is 0 Å². The first kappa shape index (κ1) is 20.1. The highest BCUT2D eigenvalue weighted by Gasteiger charge is 2.17. The summed E-state index contributed by atoms with van der Waals surface area (Å²) in [7, 11) is 0. The maximum absolute atomic E-state index is 14.0. The van der Waals surface area contributed by atoms with Crippen LogP contribution in [-0.2, 0) is 17.8 Å². The molecule has 0 aliphatic rings. The second-order valence-electron chi connectivity index (χ2n) is 6.16. The highest BCUT2D eigenvalue weighted by molar-refractivity contribution is 9.10. The van der Waals surface area contributed by atoms with Crippen molar-refractivity contribution in [2.24, 2.45) is 0 Å². The van der Waals surface area contributed by atoms with E-state index in [1.807, 2.05) is 6.92 Å². The number of halogens is 3. The van der Waals surface area contributed by atoms with E-state index in [0.29, 0.717) is 29.4 Å². The van der Waals surface area contributed by atoms with Crippen LogP contribution in [0.3, 0.4) is 0 Å². The number of carbonyl (C=O) groups excluding carboxylic acids is 1. The van der Waals surface area contributed by atoms with E-state index in [0.717, 1.165) is 4.47 Å². The van der Waals surface area contributed by atoms with Crippen LogP contribution < -0.4 is 0 Å². The number of amides is 1. The molecule has 1 heterocycles. The Morgan fingerprint density at radius 1 is 1.18 bits per heavy atom. The average molecular weight is 450 g/mol. The molecule has 0 spiro atoms. The Bertz CT molecular complexity index is 960. The van der Waals surface area contributed by atoms with Gasteiger partial charge in [0.25, 0.3) is 0 Å². The predicted octanol–water partition coefficient (Wildman–Crippen LogP) is 4.76. The number of nitrogens with zero attached hydrogens (tertiary/aromatic N) is 3. The van der Waals surface area contributed by atoms with Crippen molar-refractivity contribution >= 4 is 21.8 Å². The molecule has 0 bridgehead atoms. The number of hydrogen-bond donors (Lipinski definition) is 0. The fourth-order valence-corrected chi connectivity index (χ4v) is 3.10. The molecule has 2 aromatic carbocycles. The topological polar surface area (TPSA) is 59.2 Å². The quantitative estimate of drug-likeness (QED) is 0.521. The lowest BCUT2D eigenvalue weighted by atomic mass is 10.2. The summed E-state index contributed by atoms with van der Waals surface area (Å²) in [5.74, 6) is -0.179. The van der Waals surface area contributed by atoms with E-state index in [-0.39, 0.29) is 36.9 Å². The van der Waals surface area contributed by atoms with Crippen LogP contribution >= 0.6 is 15.9 Å². The molecule has 28 heavy (non-hydrogen) atoms. The van der Waals surface area contributed by atoms with Gasteiger partial charge < -0.3 is 9.42 Å². The van der Waals surface area contributed by atoms with Gasteiger partial charge in [-0.05, 0) is 49.4 Å². The molecule has 0 saturated heterocycles. The van der Waals surface area contributed by atoms with E-state index in [4.69, 9.17) is 4.52 Å². The Hall–Kier alpha value is -2.61. The van der Waals surface area contributed by atoms with Crippen molar-refractivity contribution in [1.82, 2.24) is 15.0 Å². The number of aromatic nitrogens is 2. The zero-order valence-corrected chi connectivity index (χ0v) is 16.7. The summed E-state index contributed by atoms with van der Waals surface area (Å²) < 4.78 is 32.9. The fourth-order valence-electron chi connectivity index (χ4n) is 2.69. The van der Waals surface area contributed by atoms with Gasteiger partial charge in [-0.1, -0.05) is 21.1 Å². The zero-order valence-electron chi connectivity index (χ0n) is 15.2. The van der Waals surface area contributed by atoms with Crippen LogP contribution in [0.4, 0.5) is 8.78 Å². The first-order valence-electron chi connectivity index (χ1n) is 8.76. The first-order chi connectivity index (χ1) is 13.5. The lowest BCUT2D eigenvalue weighted by Crippen LogP contribution is -2.30. The minimum atomic E-state index is -0.352. The summed E-state index contributed by atoms with van der Waals surface area (Å²) in [6.45, 7) is 2.48. The zero-order chi connectivity index (χ0) is 20.1. The van der Waals surface area contributed by atoms with Crippen molar-refractivity contribution in [3.05, 3.63) is 70.0 Å². The molecule has 146 valence electrons. The predicted molar refractivity (Wildman–Crippen MR) is 103 cm³/mol. The summed E-state index contributed by atoms with van der Waals surface area (Å²) in [6, 6.07) is 10.4. The summed E-state index contributed by atoms with van der Waals surface area (Å²) >= 11 is 3.31. The van der Waals surface area contributed by atoms with Crippen LogP contribution in [0, 0.1) is 11.6 Å². The Morgan fingerprint density at radius 2 is 1.93 bits per heavy atom.